The van der Waals surface area contributed by atoms with Gasteiger partial charge in [-0.3, -0.25) is 9.59 Å². The molecular formula is C14H19FN2O4. The molecule has 21 heavy (non-hydrogen) atoms. The van der Waals surface area contributed by atoms with Gasteiger partial charge in [0.2, 0.25) is 0 Å². The van der Waals surface area contributed by atoms with Gasteiger partial charge in [-0.05, 0) is 18.2 Å². The Labute approximate surface area is 122 Å². The molecule has 0 aliphatic heterocycles. The fourth-order valence-corrected chi connectivity index (χ4v) is 1.72. The maximum Gasteiger partial charge on any atom is 0.307 e. The molecule has 0 aromatic heterocycles. The molecule has 0 aliphatic carbocycles. The van der Waals surface area contributed by atoms with Gasteiger partial charge in [0, 0.05) is 25.9 Å². The van der Waals surface area contributed by atoms with Gasteiger partial charge in [-0.1, -0.05) is 0 Å². The van der Waals surface area contributed by atoms with Crippen LogP contribution in [0.25, 0.3) is 0 Å². The zero-order valence-electron chi connectivity index (χ0n) is 12.1. The Morgan fingerprint density at radius 2 is 2.00 bits per heavy atom. The van der Waals surface area contributed by atoms with E-state index in [0.29, 0.717) is 0 Å². The molecule has 0 aliphatic rings. The van der Waals surface area contributed by atoms with Crippen molar-refractivity contribution in [2.45, 2.75) is 6.42 Å². The SMILES string of the molecule is COCCN(CCC(=O)OC)C(=O)c1ccc(N)cc1F. The summed E-state index contributed by atoms with van der Waals surface area (Å²) in [7, 11) is 2.76. The van der Waals surface area contributed by atoms with Crippen LogP contribution < -0.4 is 5.73 Å². The summed E-state index contributed by atoms with van der Waals surface area (Å²) in [6.45, 7) is 0.651. The van der Waals surface area contributed by atoms with E-state index in [1.165, 1.54) is 31.3 Å². The van der Waals surface area contributed by atoms with E-state index in [4.69, 9.17) is 10.5 Å². The number of ether oxygens (including phenoxy) is 2. The maximum atomic E-state index is 13.8. The predicted octanol–water partition coefficient (Wildman–Crippen LogP) is 1.06. The lowest BCUT2D eigenvalue weighted by atomic mass is 10.1. The highest BCUT2D eigenvalue weighted by atomic mass is 19.1. The van der Waals surface area contributed by atoms with Crippen molar-refractivity contribution in [3.05, 3.63) is 29.6 Å². The number of rotatable bonds is 7. The van der Waals surface area contributed by atoms with Crippen LogP contribution in [0.1, 0.15) is 16.8 Å². The number of anilines is 1. The number of hydrogen-bond acceptors (Lipinski definition) is 5. The van der Waals surface area contributed by atoms with Gasteiger partial charge < -0.3 is 20.1 Å². The summed E-state index contributed by atoms with van der Waals surface area (Å²) in [4.78, 5) is 24.8. The van der Waals surface area contributed by atoms with Crippen molar-refractivity contribution in [3.8, 4) is 0 Å². The number of nitrogens with two attached hydrogens (primary N) is 1. The highest BCUT2D eigenvalue weighted by molar-refractivity contribution is 5.95. The summed E-state index contributed by atoms with van der Waals surface area (Å²) in [5.41, 5.74) is 5.60. The number of hydrogen-bond donors (Lipinski definition) is 1. The van der Waals surface area contributed by atoms with Crippen LogP contribution in [0.15, 0.2) is 18.2 Å². The summed E-state index contributed by atoms with van der Waals surface area (Å²) in [6, 6.07) is 3.86. The van der Waals surface area contributed by atoms with Crippen molar-refractivity contribution in [1.82, 2.24) is 4.90 Å². The predicted molar refractivity (Wildman–Crippen MR) is 75.2 cm³/mol. The summed E-state index contributed by atoms with van der Waals surface area (Å²) < 4.78 is 23.2. The number of carbonyl (C=O) groups excluding carboxylic acids is 2. The van der Waals surface area contributed by atoms with Crippen LogP contribution in [0.4, 0.5) is 10.1 Å². The molecule has 0 spiro atoms. The zero-order chi connectivity index (χ0) is 15.8. The first kappa shape index (κ1) is 16.9. The first-order valence-corrected chi connectivity index (χ1v) is 6.39. The number of methoxy groups -OCH3 is 2. The lowest BCUT2D eigenvalue weighted by Crippen LogP contribution is -2.36. The van der Waals surface area contributed by atoms with Crippen molar-refractivity contribution >= 4 is 17.6 Å². The fraction of sp³-hybridized carbons (Fsp3) is 0.429. The minimum Gasteiger partial charge on any atom is -0.469 e. The lowest BCUT2D eigenvalue weighted by molar-refractivity contribution is -0.140. The van der Waals surface area contributed by atoms with Crippen molar-refractivity contribution in [3.63, 3.8) is 0 Å². The smallest absolute Gasteiger partial charge is 0.307 e. The molecule has 6 nitrogen and oxygen atoms in total. The standard InChI is InChI=1S/C14H19FN2O4/c1-20-8-7-17(6-5-13(18)21-2)14(19)11-4-3-10(16)9-12(11)15/h3-4,9H,5-8,16H2,1-2H3. The number of benzene rings is 1. The zero-order valence-corrected chi connectivity index (χ0v) is 12.1. The van der Waals surface area contributed by atoms with Crippen molar-refractivity contribution < 1.29 is 23.5 Å². The van der Waals surface area contributed by atoms with Crippen molar-refractivity contribution in [1.29, 1.82) is 0 Å². The van der Waals surface area contributed by atoms with Gasteiger partial charge in [0.05, 0.1) is 25.7 Å². The first-order valence-electron chi connectivity index (χ1n) is 6.39. The van der Waals surface area contributed by atoms with Gasteiger partial charge in [-0.2, -0.15) is 0 Å². The second-order valence-electron chi connectivity index (χ2n) is 4.35. The molecule has 2 N–H and O–H groups in total. The topological polar surface area (TPSA) is 81.9 Å². The molecule has 0 radical (unpaired) electrons. The van der Waals surface area contributed by atoms with Gasteiger partial charge in [0.15, 0.2) is 0 Å². The number of nitrogen functional groups attached to an aromatic ring is 1. The molecule has 1 aromatic carbocycles. The molecule has 1 amide bonds. The summed E-state index contributed by atoms with van der Waals surface area (Å²) in [5.74, 6) is -1.66. The minimum absolute atomic E-state index is 0.0303. The Morgan fingerprint density at radius 1 is 1.29 bits per heavy atom. The third kappa shape index (κ3) is 5.03. The van der Waals surface area contributed by atoms with Crippen LogP contribution in [-0.2, 0) is 14.3 Å². The highest BCUT2D eigenvalue weighted by Gasteiger charge is 2.20. The molecule has 1 rings (SSSR count). The van der Waals surface area contributed by atoms with Crippen LogP contribution in [0.2, 0.25) is 0 Å². The Kier molecular flexibility index (Phi) is 6.61. The van der Waals surface area contributed by atoms with Crippen LogP contribution in [0.3, 0.4) is 0 Å². The molecule has 1 aromatic rings. The third-order valence-electron chi connectivity index (χ3n) is 2.89. The minimum atomic E-state index is -0.694. The monoisotopic (exact) mass is 298 g/mol. The number of esters is 1. The van der Waals surface area contributed by atoms with E-state index in [2.05, 4.69) is 4.74 Å². The van der Waals surface area contributed by atoms with Gasteiger partial charge in [0.25, 0.3) is 5.91 Å². The van der Waals surface area contributed by atoms with Crippen molar-refractivity contribution in [2.24, 2.45) is 0 Å². The average molecular weight is 298 g/mol. The normalized spacial score (nSPS) is 10.2. The van der Waals surface area contributed by atoms with Crippen LogP contribution in [0, 0.1) is 5.82 Å². The van der Waals surface area contributed by atoms with Gasteiger partial charge >= 0.3 is 5.97 Å². The second kappa shape index (κ2) is 8.21. The first-order chi connectivity index (χ1) is 9.99. The average Bonchev–Trinajstić information content (AvgIpc) is 2.46. The molecule has 0 saturated heterocycles. The summed E-state index contributed by atoms with van der Waals surface area (Å²) >= 11 is 0. The highest BCUT2D eigenvalue weighted by Crippen LogP contribution is 2.14. The number of amides is 1. The van der Waals surface area contributed by atoms with E-state index in [-0.39, 0.29) is 37.4 Å². The molecule has 0 saturated carbocycles. The van der Waals surface area contributed by atoms with Crippen LogP contribution >= 0.6 is 0 Å². The number of halogens is 1. The third-order valence-corrected chi connectivity index (χ3v) is 2.89. The molecular weight excluding hydrogens is 279 g/mol. The molecule has 0 unspecified atom stereocenters. The van der Waals surface area contributed by atoms with E-state index < -0.39 is 17.7 Å². The van der Waals surface area contributed by atoms with Gasteiger partial charge in [0.1, 0.15) is 5.82 Å². The largest absolute Gasteiger partial charge is 0.469 e. The van der Waals surface area contributed by atoms with Gasteiger partial charge in [-0.15, -0.1) is 0 Å². The Bertz CT molecular complexity index is 508. The van der Waals surface area contributed by atoms with E-state index in [0.717, 1.165) is 6.07 Å². The van der Waals surface area contributed by atoms with E-state index in [1.54, 1.807) is 0 Å². The second-order valence-corrected chi connectivity index (χ2v) is 4.35. The molecule has 0 heterocycles. The summed E-state index contributed by atoms with van der Waals surface area (Å²) in [5, 5.41) is 0. The molecule has 116 valence electrons. The van der Waals surface area contributed by atoms with E-state index in [9.17, 15) is 14.0 Å². The Hall–Kier alpha value is -2.15. The molecule has 0 atom stereocenters. The van der Waals surface area contributed by atoms with Crippen LogP contribution in [-0.4, -0.2) is 50.7 Å². The summed E-state index contributed by atoms with van der Waals surface area (Å²) in [6.07, 6.45) is 0.0303. The van der Waals surface area contributed by atoms with E-state index >= 15 is 0 Å². The van der Waals surface area contributed by atoms with Crippen molar-refractivity contribution in [2.75, 3.05) is 39.6 Å². The van der Waals surface area contributed by atoms with E-state index in [1.807, 2.05) is 0 Å². The Balaban J connectivity index is 2.85. The van der Waals surface area contributed by atoms with Crippen LogP contribution in [0.5, 0.6) is 0 Å². The Morgan fingerprint density at radius 3 is 2.57 bits per heavy atom. The lowest BCUT2D eigenvalue weighted by Gasteiger charge is -2.22. The quantitative estimate of drug-likeness (QED) is 0.601. The number of carbonyl (C=O) groups is 2. The molecule has 0 bridgehead atoms. The molecule has 0 fully saturated rings. The molecule has 7 heteroatoms. The number of nitrogens with zero attached hydrogens (tertiary/aromatic N) is 1. The fourth-order valence-electron chi connectivity index (χ4n) is 1.72. The maximum absolute atomic E-state index is 13.8. The van der Waals surface area contributed by atoms with Gasteiger partial charge in [-0.25, -0.2) is 4.39 Å².